The van der Waals surface area contributed by atoms with Crippen LogP contribution in [-0.4, -0.2) is 6.61 Å². The number of rotatable bonds is 6. The summed E-state index contributed by atoms with van der Waals surface area (Å²) in [6.45, 7) is 0.764. The number of alkyl halides is 2. The van der Waals surface area contributed by atoms with Crippen molar-refractivity contribution in [3.63, 3.8) is 0 Å². The van der Waals surface area contributed by atoms with Gasteiger partial charge in [-0.15, -0.1) is 6.58 Å². The van der Waals surface area contributed by atoms with Gasteiger partial charge in [0, 0.05) is 11.6 Å². The fourth-order valence-electron chi connectivity index (χ4n) is 1.44. The molecule has 0 spiro atoms. The lowest BCUT2D eigenvalue weighted by Gasteiger charge is -2.15. The van der Waals surface area contributed by atoms with Gasteiger partial charge in [-0.2, -0.15) is 8.78 Å². The minimum Gasteiger partial charge on any atom is -0.434 e. The molecule has 16 heavy (non-hydrogen) atoms. The molecule has 0 heterocycles. The highest BCUT2D eigenvalue weighted by Crippen LogP contribution is 2.27. The number of allylic oxidation sites excluding steroid dienone is 1. The fourth-order valence-corrected chi connectivity index (χ4v) is 1.44. The zero-order chi connectivity index (χ0) is 12.0. The molecule has 2 nitrogen and oxygen atoms in total. The molecule has 1 atom stereocenters. The van der Waals surface area contributed by atoms with Gasteiger partial charge in [-0.25, -0.2) is 0 Å². The maximum atomic E-state index is 12.1. The summed E-state index contributed by atoms with van der Waals surface area (Å²) in [5, 5.41) is 0. The molecule has 0 aliphatic rings. The van der Waals surface area contributed by atoms with Crippen molar-refractivity contribution in [3.8, 4) is 5.75 Å². The molecule has 0 aliphatic carbocycles. The largest absolute Gasteiger partial charge is 0.434 e. The normalized spacial score (nSPS) is 12.5. The lowest BCUT2D eigenvalue weighted by molar-refractivity contribution is -0.0506. The first kappa shape index (κ1) is 12.6. The Morgan fingerprint density at radius 1 is 1.38 bits per heavy atom. The summed E-state index contributed by atoms with van der Waals surface area (Å²) in [6.07, 6.45) is 3.15. The van der Waals surface area contributed by atoms with E-state index in [4.69, 9.17) is 5.73 Å². The average molecular weight is 227 g/mol. The molecule has 0 bridgehead atoms. The molecule has 0 amide bonds. The predicted octanol–water partition coefficient (Wildman–Crippen LogP) is 3.25. The highest BCUT2D eigenvalue weighted by molar-refractivity contribution is 5.35. The molecule has 0 saturated carbocycles. The van der Waals surface area contributed by atoms with Gasteiger partial charge in [0.25, 0.3) is 0 Å². The van der Waals surface area contributed by atoms with Crippen LogP contribution in [0.2, 0.25) is 0 Å². The summed E-state index contributed by atoms with van der Waals surface area (Å²) in [5.74, 6) is 0.147. The summed E-state index contributed by atoms with van der Waals surface area (Å²) in [5.41, 5.74) is 6.49. The van der Waals surface area contributed by atoms with Gasteiger partial charge in [-0.3, -0.25) is 0 Å². The van der Waals surface area contributed by atoms with E-state index in [-0.39, 0.29) is 11.8 Å². The van der Waals surface area contributed by atoms with E-state index in [0.717, 1.165) is 6.42 Å². The molecular formula is C12H15F2NO. The van der Waals surface area contributed by atoms with Crippen molar-refractivity contribution in [1.29, 1.82) is 0 Å². The second kappa shape index (κ2) is 6.23. The molecular weight excluding hydrogens is 212 g/mol. The number of nitrogens with two attached hydrogens (primary N) is 1. The quantitative estimate of drug-likeness (QED) is 0.757. The Morgan fingerprint density at radius 2 is 2.06 bits per heavy atom. The molecule has 0 saturated heterocycles. The number of hydrogen-bond donors (Lipinski definition) is 1. The second-order valence-corrected chi connectivity index (χ2v) is 3.39. The summed E-state index contributed by atoms with van der Waals surface area (Å²) in [4.78, 5) is 0. The summed E-state index contributed by atoms with van der Waals surface area (Å²) >= 11 is 0. The number of para-hydroxylation sites is 1. The van der Waals surface area contributed by atoms with Crippen molar-refractivity contribution in [1.82, 2.24) is 0 Å². The van der Waals surface area contributed by atoms with Gasteiger partial charge in [0.05, 0.1) is 0 Å². The first-order valence-electron chi connectivity index (χ1n) is 5.05. The van der Waals surface area contributed by atoms with Crippen LogP contribution >= 0.6 is 0 Å². The van der Waals surface area contributed by atoms with Crippen LogP contribution in [0, 0.1) is 0 Å². The van der Waals surface area contributed by atoms with Crippen molar-refractivity contribution < 1.29 is 13.5 Å². The second-order valence-electron chi connectivity index (χ2n) is 3.39. The SMILES string of the molecule is C=CCC[C@H](N)c1ccccc1OC(F)F. The number of hydrogen-bond acceptors (Lipinski definition) is 2. The zero-order valence-electron chi connectivity index (χ0n) is 8.90. The summed E-state index contributed by atoms with van der Waals surface area (Å²) in [6, 6.07) is 6.27. The molecule has 4 heteroatoms. The van der Waals surface area contributed by atoms with Gasteiger partial charge in [0.2, 0.25) is 0 Å². The van der Waals surface area contributed by atoms with Gasteiger partial charge in [-0.1, -0.05) is 24.3 Å². The standard InChI is InChI=1S/C12H15F2NO/c1-2-3-7-10(15)9-6-4-5-8-11(9)16-12(13)14/h2,4-6,8,10,12H,1,3,7,15H2/t10-/m0/s1. The maximum Gasteiger partial charge on any atom is 0.387 e. The Labute approximate surface area is 93.7 Å². The number of halogens is 2. The minimum atomic E-state index is -2.83. The van der Waals surface area contributed by atoms with E-state index in [1.165, 1.54) is 6.07 Å². The lowest BCUT2D eigenvalue weighted by Crippen LogP contribution is -2.13. The van der Waals surface area contributed by atoms with E-state index in [1.54, 1.807) is 24.3 Å². The van der Waals surface area contributed by atoms with Crippen molar-refractivity contribution in [2.45, 2.75) is 25.5 Å². The third kappa shape index (κ3) is 3.62. The summed E-state index contributed by atoms with van der Waals surface area (Å²) in [7, 11) is 0. The van der Waals surface area contributed by atoms with Crippen LogP contribution in [0.1, 0.15) is 24.4 Å². The molecule has 2 N–H and O–H groups in total. The van der Waals surface area contributed by atoms with Crippen LogP contribution in [0.25, 0.3) is 0 Å². The van der Waals surface area contributed by atoms with Crippen molar-refractivity contribution >= 4 is 0 Å². The molecule has 1 aromatic carbocycles. The monoisotopic (exact) mass is 227 g/mol. The Balaban J connectivity index is 2.80. The smallest absolute Gasteiger partial charge is 0.387 e. The van der Waals surface area contributed by atoms with Crippen LogP contribution in [0.3, 0.4) is 0 Å². The first-order chi connectivity index (χ1) is 7.65. The molecule has 0 unspecified atom stereocenters. The molecule has 0 radical (unpaired) electrons. The lowest BCUT2D eigenvalue weighted by atomic mass is 10.0. The highest BCUT2D eigenvalue weighted by Gasteiger charge is 2.13. The predicted molar refractivity (Wildman–Crippen MR) is 59.4 cm³/mol. The highest BCUT2D eigenvalue weighted by atomic mass is 19.3. The van der Waals surface area contributed by atoms with Crippen LogP contribution < -0.4 is 10.5 Å². The Kier molecular flexibility index (Phi) is 4.92. The van der Waals surface area contributed by atoms with Gasteiger partial charge < -0.3 is 10.5 Å². The number of ether oxygens (including phenoxy) is 1. The zero-order valence-corrected chi connectivity index (χ0v) is 8.90. The van der Waals surface area contributed by atoms with E-state index in [1.807, 2.05) is 0 Å². The fraction of sp³-hybridized carbons (Fsp3) is 0.333. The minimum absolute atomic E-state index is 0.147. The van der Waals surface area contributed by atoms with Crippen molar-refractivity contribution in [3.05, 3.63) is 42.5 Å². The van der Waals surface area contributed by atoms with E-state index < -0.39 is 6.61 Å². The van der Waals surface area contributed by atoms with Crippen molar-refractivity contribution in [2.75, 3.05) is 0 Å². The summed E-state index contributed by atoms with van der Waals surface area (Å²) < 4.78 is 28.7. The first-order valence-corrected chi connectivity index (χ1v) is 5.05. The van der Waals surface area contributed by atoms with Gasteiger partial charge in [-0.05, 0) is 18.9 Å². The van der Waals surface area contributed by atoms with Crippen LogP contribution in [0.15, 0.2) is 36.9 Å². The Hall–Kier alpha value is -1.42. The molecule has 0 aliphatic heterocycles. The Bertz CT molecular complexity index is 342. The van der Waals surface area contributed by atoms with E-state index in [0.29, 0.717) is 12.0 Å². The van der Waals surface area contributed by atoms with Gasteiger partial charge in [0.1, 0.15) is 5.75 Å². The topological polar surface area (TPSA) is 35.2 Å². The molecule has 88 valence electrons. The third-order valence-corrected chi connectivity index (χ3v) is 2.22. The van der Waals surface area contributed by atoms with Crippen LogP contribution in [0.5, 0.6) is 5.75 Å². The van der Waals surface area contributed by atoms with Gasteiger partial charge >= 0.3 is 6.61 Å². The van der Waals surface area contributed by atoms with Crippen LogP contribution in [0.4, 0.5) is 8.78 Å². The van der Waals surface area contributed by atoms with Gasteiger partial charge in [0.15, 0.2) is 0 Å². The molecule has 1 aromatic rings. The molecule has 0 fully saturated rings. The Morgan fingerprint density at radius 3 is 2.69 bits per heavy atom. The van der Waals surface area contributed by atoms with Crippen molar-refractivity contribution in [2.24, 2.45) is 5.73 Å². The maximum absolute atomic E-state index is 12.1. The van der Waals surface area contributed by atoms with E-state index in [2.05, 4.69) is 11.3 Å². The molecule has 1 rings (SSSR count). The number of benzene rings is 1. The van der Waals surface area contributed by atoms with E-state index >= 15 is 0 Å². The van der Waals surface area contributed by atoms with E-state index in [9.17, 15) is 8.78 Å². The average Bonchev–Trinajstić information content (AvgIpc) is 2.26. The molecule has 0 aromatic heterocycles. The third-order valence-electron chi connectivity index (χ3n) is 2.22. The van der Waals surface area contributed by atoms with Crippen LogP contribution in [-0.2, 0) is 0 Å².